The van der Waals surface area contributed by atoms with Crippen molar-refractivity contribution in [3.8, 4) is 11.4 Å². The summed E-state index contributed by atoms with van der Waals surface area (Å²) in [5.74, 6) is 0.956. The Labute approximate surface area is 140 Å². The Balaban J connectivity index is 2.38. The van der Waals surface area contributed by atoms with E-state index >= 15 is 0 Å². The largest absolute Gasteiger partial charge is 0.446 e. The maximum Gasteiger partial charge on any atom is 0.326 e. The molecule has 0 atom stereocenters. The number of nitrogens with two attached hydrogens (primary N) is 1. The van der Waals surface area contributed by atoms with E-state index in [0.29, 0.717) is 45.9 Å². The molecule has 0 aliphatic rings. The first kappa shape index (κ1) is 16.4. The topological polar surface area (TPSA) is 116 Å². The van der Waals surface area contributed by atoms with Gasteiger partial charge in [-0.3, -0.25) is 0 Å². The van der Waals surface area contributed by atoms with Crippen LogP contribution in [0.3, 0.4) is 0 Å². The number of hydrogen-bond donors (Lipinski definition) is 2. The number of nitrogens with zero attached hydrogens (tertiary/aromatic N) is 5. The number of aryl methyl sites for hydroxylation is 1. The standard InChI is InChI=1S/C15H21BN6O2/c1-6-8-10(16(5)23)12(21-24-8)11-9-13(17)18-7-19-14(9)22(20-11)15(2,3)4/h7,23H,6H2,1-5H3,(H2,17,18,19). The molecule has 0 unspecified atom stereocenters. The summed E-state index contributed by atoms with van der Waals surface area (Å²) in [6.07, 6.45) is 2.04. The van der Waals surface area contributed by atoms with Crippen molar-refractivity contribution in [3.63, 3.8) is 0 Å². The fourth-order valence-corrected chi connectivity index (χ4v) is 2.80. The third-order valence-corrected chi connectivity index (χ3v) is 3.90. The molecule has 3 rings (SSSR count). The molecule has 8 nitrogen and oxygen atoms in total. The number of aromatic nitrogens is 5. The van der Waals surface area contributed by atoms with Gasteiger partial charge in [-0.05, 0) is 20.8 Å². The maximum absolute atomic E-state index is 10.2. The lowest BCUT2D eigenvalue weighted by Crippen LogP contribution is -2.30. The number of rotatable bonds is 3. The highest BCUT2D eigenvalue weighted by Crippen LogP contribution is 2.32. The molecule has 0 radical (unpaired) electrons. The zero-order chi connectivity index (χ0) is 17.6. The van der Waals surface area contributed by atoms with Gasteiger partial charge in [-0.15, -0.1) is 0 Å². The van der Waals surface area contributed by atoms with Gasteiger partial charge in [0.05, 0.1) is 10.9 Å². The Morgan fingerprint density at radius 3 is 2.58 bits per heavy atom. The molecule has 24 heavy (non-hydrogen) atoms. The molecule has 0 spiro atoms. The van der Waals surface area contributed by atoms with Crippen LogP contribution in [0.1, 0.15) is 33.5 Å². The van der Waals surface area contributed by atoms with E-state index in [0.717, 1.165) is 0 Å². The second-order valence-electron chi connectivity index (χ2n) is 6.79. The first-order chi connectivity index (χ1) is 11.3. The van der Waals surface area contributed by atoms with Gasteiger partial charge in [0, 0.05) is 11.9 Å². The van der Waals surface area contributed by atoms with E-state index in [-0.39, 0.29) is 5.54 Å². The molecule has 0 aromatic carbocycles. The van der Waals surface area contributed by atoms with E-state index in [1.54, 1.807) is 11.5 Å². The van der Waals surface area contributed by atoms with Crippen molar-refractivity contribution in [2.75, 3.05) is 5.73 Å². The summed E-state index contributed by atoms with van der Waals surface area (Å²) < 4.78 is 7.20. The van der Waals surface area contributed by atoms with Crippen LogP contribution in [-0.2, 0) is 12.0 Å². The van der Waals surface area contributed by atoms with Crippen molar-refractivity contribution >= 4 is 29.2 Å². The first-order valence-corrected chi connectivity index (χ1v) is 7.92. The predicted molar refractivity (Wildman–Crippen MR) is 93.1 cm³/mol. The van der Waals surface area contributed by atoms with E-state index < -0.39 is 6.92 Å². The minimum absolute atomic E-state index is 0.306. The molecule has 9 heteroatoms. The second kappa shape index (κ2) is 5.59. The van der Waals surface area contributed by atoms with Gasteiger partial charge in [0.15, 0.2) is 5.65 Å². The van der Waals surface area contributed by atoms with Crippen LogP contribution in [0, 0.1) is 0 Å². The summed E-state index contributed by atoms with van der Waals surface area (Å²) in [6, 6.07) is 0. The number of hydrogen-bond acceptors (Lipinski definition) is 7. The van der Waals surface area contributed by atoms with Gasteiger partial charge < -0.3 is 15.3 Å². The van der Waals surface area contributed by atoms with Crippen molar-refractivity contribution in [1.29, 1.82) is 0 Å². The maximum atomic E-state index is 10.2. The van der Waals surface area contributed by atoms with E-state index in [4.69, 9.17) is 10.3 Å². The normalized spacial score (nSPS) is 12.1. The van der Waals surface area contributed by atoms with Crippen LogP contribution in [0.5, 0.6) is 0 Å². The average Bonchev–Trinajstić information content (AvgIpc) is 3.07. The lowest BCUT2D eigenvalue weighted by molar-refractivity contribution is 0.365. The molecule has 3 aromatic heterocycles. The SMILES string of the molecule is CCc1onc(-c2nn(C(C)(C)C)c3ncnc(N)c23)c1B(C)O. The zero-order valence-electron chi connectivity index (χ0n) is 14.5. The van der Waals surface area contributed by atoms with E-state index in [1.807, 2.05) is 27.7 Å². The van der Waals surface area contributed by atoms with Crippen molar-refractivity contribution in [1.82, 2.24) is 24.9 Å². The van der Waals surface area contributed by atoms with Crippen LogP contribution in [0.15, 0.2) is 10.9 Å². The summed E-state index contributed by atoms with van der Waals surface area (Å²) in [6.45, 7) is 8.96. The van der Waals surface area contributed by atoms with Crippen LogP contribution < -0.4 is 11.2 Å². The van der Waals surface area contributed by atoms with Crippen molar-refractivity contribution in [2.24, 2.45) is 0 Å². The van der Waals surface area contributed by atoms with E-state index in [9.17, 15) is 5.02 Å². The minimum atomic E-state index is -0.734. The Hall–Kier alpha value is -2.42. The molecular weight excluding hydrogens is 307 g/mol. The monoisotopic (exact) mass is 328 g/mol. The van der Waals surface area contributed by atoms with Gasteiger partial charge in [0.2, 0.25) is 0 Å². The molecule has 126 valence electrons. The molecule has 0 fully saturated rings. The summed E-state index contributed by atoms with van der Waals surface area (Å²) in [5, 5.41) is 19.6. The lowest BCUT2D eigenvalue weighted by atomic mass is 9.62. The Bertz CT molecular complexity index is 893. The Kier molecular flexibility index (Phi) is 3.83. The molecule has 3 heterocycles. The van der Waals surface area contributed by atoms with Gasteiger partial charge in [0.25, 0.3) is 0 Å². The van der Waals surface area contributed by atoms with Gasteiger partial charge >= 0.3 is 6.92 Å². The summed E-state index contributed by atoms with van der Waals surface area (Å²) in [7, 11) is 0. The molecule has 0 bridgehead atoms. The number of nitrogen functional groups attached to an aromatic ring is 1. The van der Waals surface area contributed by atoms with Crippen molar-refractivity contribution in [2.45, 2.75) is 46.5 Å². The quantitative estimate of drug-likeness (QED) is 0.694. The second-order valence-corrected chi connectivity index (χ2v) is 6.79. The number of anilines is 1. The molecule has 0 aliphatic carbocycles. The average molecular weight is 328 g/mol. The van der Waals surface area contributed by atoms with Crippen LogP contribution in [0.25, 0.3) is 22.4 Å². The fraction of sp³-hybridized carbons (Fsp3) is 0.467. The third-order valence-electron chi connectivity index (χ3n) is 3.90. The van der Waals surface area contributed by atoms with Crippen LogP contribution in [0.2, 0.25) is 6.82 Å². The molecule has 0 saturated heterocycles. The predicted octanol–water partition coefficient (Wildman–Crippen LogP) is 1.20. The molecule has 3 N–H and O–H groups in total. The van der Waals surface area contributed by atoms with Crippen LogP contribution >= 0.6 is 0 Å². The lowest BCUT2D eigenvalue weighted by Gasteiger charge is -2.19. The highest BCUT2D eigenvalue weighted by molar-refractivity contribution is 6.66. The van der Waals surface area contributed by atoms with Crippen molar-refractivity contribution in [3.05, 3.63) is 12.1 Å². The highest BCUT2D eigenvalue weighted by atomic mass is 16.5. The molecular formula is C15H21BN6O2. The van der Waals surface area contributed by atoms with Gasteiger partial charge in [0.1, 0.15) is 29.3 Å². The molecule has 0 aliphatic heterocycles. The number of fused-ring (bicyclic) bond motifs is 1. The summed E-state index contributed by atoms with van der Waals surface area (Å²) in [5.41, 5.74) is 8.05. The summed E-state index contributed by atoms with van der Waals surface area (Å²) in [4.78, 5) is 8.43. The fourth-order valence-electron chi connectivity index (χ4n) is 2.80. The zero-order valence-corrected chi connectivity index (χ0v) is 14.5. The van der Waals surface area contributed by atoms with Crippen LogP contribution in [-0.4, -0.2) is 36.8 Å². The smallest absolute Gasteiger partial charge is 0.326 e. The van der Waals surface area contributed by atoms with E-state index in [2.05, 4.69) is 20.2 Å². The van der Waals surface area contributed by atoms with Crippen LogP contribution in [0.4, 0.5) is 5.82 Å². The highest BCUT2D eigenvalue weighted by Gasteiger charge is 2.30. The van der Waals surface area contributed by atoms with Gasteiger partial charge in [-0.25, -0.2) is 14.6 Å². The van der Waals surface area contributed by atoms with E-state index in [1.165, 1.54) is 6.33 Å². The summed E-state index contributed by atoms with van der Waals surface area (Å²) >= 11 is 0. The Morgan fingerprint density at radius 2 is 2.00 bits per heavy atom. The molecule has 0 amide bonds. The molecule has 3 aromatic rings. The Morgan fingerprint density at radius 1 is 1.29 bits per heavy atom. The minimum Gasteiger partial charge on any atom is -0.446 e. The van der Waals surface area contributed by atoms with Gasteiger partial charge in [-0.2, -0.15) is 5.10 Å². The molecule has 0 saturated carbocycles. The van der Waals surface area contributed by atoms with Gasteiger partial charge in [-0.1, -0.05) is 18.9 Å². The first-order valence-electron chi connectivity index (χ1n) is 7.92. The van der Waals surface area contributed by atoms with Crippen molar-refractivity contribution < 1.29 is 9.55 Å². The third kappa shape index (κ3) is 2.45.